The highest BCUT2D eigenvalue weighted by atomic mass is 19.4. The molecule has 0 aliphatic carbocycles. The Bertz CT molecular complexity index is 296. The predicted octanol–water partition coefficient (Wildman–Crippen LogP) is 0.416. The number of carbonyl (C=O) groups is 2. The van der Waals surface area contributed by atoms with Crippen molar-refractivity contribution < 1.29 is 33.0 Å². The summed E-state index contributed by atoms with van der Waals surface area (Å²) in [4.78, 5) is 22.4. The minimum Gasteiger partial charge on any atom is -0.480 e. The van der Waals surface area contributed by atoms with Gasteiger partial charge in [0.2, 0.25) is 0 Å². The molecule has 0 bridgehead atoms. The lowest BCUT2D eigenvalue weighted by atomic mass is 10.2. The van der Waals surface area contributed by atoms with Gasteiger partial charge in [0.25, 0.3) is 0 Å². The van der Waals surface area contributed by atoms with Gasteiger partial charge >= 0.3 is 18.2 Å². The third kappa shape index (κ3) is 6.28. The number of aliphatic hydroxyl groups is 1. The number of aliphatic carboxylic acids is 1. The van der Waals surface area contributed by atoms with Gasteiger partial charge in [0, 0.05) is 6.54 Å². The SMILES string of the molecule is CCC(NC(=O)N(CCO)CC(F)(F)F)C(=O)O. The van der Waals surface area contributed by atoms with Crippen molar-refractivity contribution in [2.45, 2.75) is 25.6 Å². The fourth-order valence-electron chi connectivity index (χ4n) is 1.17. The Kier molecular flexibility index (Phi) is 6.45. The van der Waals surface area contributed by atoms with Crippen molar-refractivity contribution >= 4 is 12.0 Å². The van der Waals surface area contributed by atoms with E-state index in [-0.39, 0.29) is 6.42 Å². The number of carboxylic acids is 1. The molecule has 0 saturated carbocycles. The number of halogens is 3. The molecule has 0 aliphatic rings. The highest BCUT2D eigenvalue weighted by Gasteiger charge is 2.33. The maximum absolute atomic E-state index is 12.1. The Morgan fingerprint density at radius 2 is 1.94 bits per heavy atom. The van der Waals surface area contributed by atoms with Crippen LogP contribution in [0.25, 0.3) is 0 Å². The summed E-state index contributed by atoms with van der Waals surface area (Å²) in [7, 11) is 0. The largest absolute Gasteiger partial charge is 0.480 e. The molecule has 0 aliphatic heterocycles. The summed E-state index contributed by atoms with van der Waals surface area (Å²) in [6.07, 6.45) is -4.57. The van der Waals surface area contributed by atoms with Gasteiger partial charge in [-0.25, -0.2) is 9.59 Å². The first-order valence-electron chi connectivity index (χ1n) is 5.17. The van der Waals surface area contributed by atoms with Gasteiger partial charge in [0.15, 0.2) is 0 Å². The minimum absolute atomic E-state index is 0.0417. The van der Waals surface area contributed by atoms with E-state index in [9.17, 15) is 22.8 Å². The van der Waals surface area contributed by atoms with Crippen LogP contribution in [-0.4, -0.2) is 59.0 Å². The molecular weight excluding hydrogens is 257 g/mol. The predicted molar refractivity (Wildman–Crippen MR) is 55.0 cm³/mol. The molecule has 9 heteroatoms. The van der Waals surface area contributed by atoms with Crippen molar-refractivity contribution in [2.24, 2.45) is 0 Å². The van der Waals surface area contributed by atoms with Crippen molar-refractivity contribution in [3.8, 4) is 0 Å². The monoisotopic (exact) mass is 272 g/mol. The Labute approximate surface area is 101 Å². The number of rotatable bonds is 6. The van der Waals surface area contributed by atoms with Crippen molar-refractivity contribution in [2.75, 3.05) is 19.7 Å². The van der Waals surface area contributed by atoms with Crippen LogP contribution in [0.4, 0.5) is 18.0 Å². The number of nitrogens with one attached hydrogen (secondary N) is 1. The summed E-state index contributed by atoms with van der Waals surface area (Å²) in [6, 6.07) is -2.43. The van der Waals surface area contributed by atoms with Gasteiger partial charge in [-0.2, -0.15) is 13.2 Å². The summed E-state index contributed by atoms with van der Waals surface area (Å²) >= 11 is 0. The molecule has 0 radical (unpaired) electrons. The lowest BCUT2D eigenvalue weighted by molar-refractivity contribution is -0.141. The lowest BCUT2D eigenvalue weighted by Crippen LogP contribution is -2.51. The average molecular weight is 272 g/mol. The van der Waals surface area contributed by atoms with Crippen molar-refractivity contribution in [3.05, 3.63) is 0 Å². The molecule has 0 rings (SSSR count). The third-order valence-electron chi connectivity index (χ3n) is 2.03. The molecule has 2 amide bonds. The number of amides is 2. The highest BCUT2D eigenvalue weighted by Crippen LogP contribution is 2.16. The second kappa shape index (κ2) is 7.04. The summed E-state index contributed by atoms with van der Waals surface area (Å²) in [5.74, 6) is -1.33. The van der Waals surface area contributed by atoms with Gasteiger partial charge in [-0.3, -0.25) is 0 Å². The molecule has 3 N–H and O–H groups in total. The van der Waals surface area contributed by atoms with E-state index in [2.05, 4.69) is 0 Å². The van der Waals surface area contributed by atoms with E-state index in [4.69, 9.17) is 10.2 Å². The molecule has 0 fully saturated rings. The molecule has 18 heavy (non-hydrogen) atoms. The zero-order valence-corrected chi connectivity index (χ0v) is 9.70. The number of alkyl halides is 3. The van der Waals surface area contributed by atoms with Crippen LogP contribution in [0.1, 0.15) is 13.3 Å². The van der Waals surface area contributed by atoms with E-state index in [1.54, 1.807) is 0 Å². The standard InChI is InChI=1S/C9H15F3N2O4/c1-2-6(7(16)17)13-8(18)14(3-4-15)5-9(10,11)12/h6,15H,2-5H2,1H3,(H,13,18)(H,16,17). The van der Waals surface area contributed by atoms with Crippen LogP contribution in [0, 0.1) is 0 Å². The first kappa shape index (κ1) is 16.5. The van der Waals surface area contributed by atoms with E-state index in [1.807, 2.05) is 5.32 Å². The van der Waals surface area contributed by atoms with Crippen LogP contribution >= 0.6 is 0 Å². The number of aliphatic hydroxyl groups excluding tert-OH is 1. The number of hydrogen-bond acceptors (Lipinski definition) is 3. The van der Waals surface area contributed by atoms with Crippen LogP contribution in [0.2, 0.25) is 0 Å². The van der Waals surface area contributed by atoms with Crippen LogP contribution in [-0.2, 0) is 4.79 Å². The molecular formula is C9H15F3N2O4. The Hall–Kier alpha value is -1.51. The molecule has 1 atom stereocenters. The van der Waals surface area contributed by atoms with Gasteiger partial charge in [0.1, 0.15) is 12.6 Å². The topological polar surface area (TPSA) is 89.9 Å². The first-order chi connectivity index (χ1) is 8.21. The van der Waals surface area contributed by atoms with Crippen molar-refractivity contribution in [1.29, 1.82) is 0 Å². The molecule has 0 aromatic rings. The van der Waals surface area contributed by atoms with Crippen LogP contribution < -0.4 is 5.32 Å². The zero-order valence-electron chi connectivity index (χ0n) is 9.70. The Balaban J connectivity index is 4.61. The van der Waals surface area contributed by atoms with Crippen molar-refractivity contribution in [1.82, 2.24) is 10.2 Å². The first-order valence-corrected chi connectivity index (χ1v) is 5.17. The summed E-state index contributed by atoms with van der Waals surface area (Å²) in [5.41, 5.74) is 0. The Morgan fingerprint density at radius 3 is 2.28 bits per heavy atom. The van der Waals surface area contributed by atoms with Gasteiger partial charge in [-0.05, 0) is 6.42 Å². The lowest BCUT2D eigenvalue weighted by Gasteiger charge is -2.25. The normalized spacial score (nSPS) is 12.9. The number of carboxylic acid groups (broad SMARTS) is 1. The smallest absolute Gasteiger partial charge is 0.406 e. The number of urea groups is 1. The molecule has 1 unspecified atom stereocenters. The zero-order chi connectivity index (χ0) is 14.3. The minimum atomic E-state index is -4.61. The van der Waals surface area contributed by atoms with E-state index < -0.39 is 43.9 Å². The third-order valence-corrected chi connectivity index (χ3v) is 2.03. The highest BCUT2D eigenvalue weighted by molar-refractivity contribution is 5.82. The molecule has 106 valence electrons. The molecule has 0 aromatic heterocycles. The van der Waals surface area contributed by atoms with Gasteiger partial charge < -0.3 is 20.4 Å². The number of nitrogens with zero attached hydrogens (tertiary/aromatic N) is 1. The van der Waals surface area contributed by atoms with Gasteiger partial charge in [0.05, 0.1) is 6.61 Å². The van der Waals surface area contributed by atoms with E-state index in [0.29, 0.717) is 4.90 Å². The maximum atomic E-state index is 12.1. The Morgan fingerprint density at radius 1 is 1.39 bits per heavy atom. The molecule has 0 heterocycles. The van der Waals surface area contributed by atoms with E-state index in [1.165, 1.54) is 6.92 Å². The molecule has 0 spiro atoms. The molecule has 0 aromatic carbocycles. The molecule has 6 nitrogen and oxygen atoms in total. The van der Waals surface area contributed by atoms with Crippen molar-refractivity contribution in [3.63, 3.8) is 0 Å². The fourth-order valence-corrected chi connectivity index (χ4v) is 1.17. The second-order valence-electron chi connectivity index (χ2n) is 3.51. The van der Waals surface area contributed by atoms with Crippen LogP contribution in [0.5, 0.6) is 0 Å². The summed E-state index contributed by atoms with van der Waals surface area (Å²) in [5, 5.41) is 19.2. The van der Waals surface area contributed by atoms with Gasteiger partial charge in [-0.15, -0.1) is 0 Å². The van der Waals surface area contributed by atoms with E-state index >= 15 is 0 Å². The number of carbonyl (C=O) groups excluding carboxylic acids is 1. The molecule has 0 saturated heterocycles. The van der Waals surface area contributed by atoms with Crippen LogP contribution in [0.15, 0.2) is 0 Å². The summed E-state index contributed by atoms with van der Waals surface area (Å²) in [6.45, 7) is -1.25. The van der Waals surface area contributed by atoms with Crippen LogP contribution in [0.3, 0.4) is 0 Å². The average Bonchev–Trinajstić information content (AvgIpc) is 2.22. The fraction of sp³-hybridized carbons (Fsp3) is 0.778. The second-order valence-corrected chi connectivity index (χ2v) is 3.51. The number of hydrogen-bond donors (Lipinski definition) is 3. The van der Waals surface area contributed by atoms with Gasteiger partial charge in [-0.1, -0.05) is 6.92 Å². The maximum Gasteiger partial charge on any atom is 0.406 e. The summed E-state index contributed by atoms with van der Waals surface area (Å²) < 4.78 is 36.4. The van der Waals surface area contributed by atoms with E-state index in [0.717, 1.165) is 0 Å². The quantitative estimate of drug-likeness (QED) is 0.653.